The lowest BCUT2D eigenvalue weighted by Crippen LogP contribution is -2.38. The summed E-state index contributed by atoms with van der Waals surface area (Å²) < 4.78 is 6.42. The van der Waals surface area contributed by atoms with Crippen LogP contribution < -0.4 is 4.90 Å². The molecule has 6 heteroatoms. The van der Waals surface area contributed by atoms with Gasteiger partial charge in [-0.25, -0.2) is 9.97 Å². The molecule has 20 heavy (non-hydrogen) atoms. The molecule has 0 radical (unpaired) electrons. The Hall–Kier alpha value is -0.720. The lowest BCUT2D eigenvalue weighted by atomic mass is 10.1. The van der Waals surface area contributed by atoms with E-state index in [1.165, 1.54) is 0 Å². The van der Waals surface area contributed by atoms with Crippen LogP contribution in [-0.2, 0) is 4.74 Å². The predicted octanol–water partition coefficient (Wildman–Crippen LogP) is 2.34. The predicted molar refractivity (Wildman–Crippen MR) is 82.1 cm³/mol. The second kappa shape index (κ2) is 7.33. The van der Waals surface area contributed by atoms with E-state index in [0.717, 1.165) is 42.2 Å². The van der Waals surface area contributed by atoms with Crippen LogP contribution in [-0.4, -0.2) is 47.5 Å². The molecule has 1 N–H and O–H groups in total. The number of aliphatic hydroxyl groups excluding tert-OH is 1. The minimum absolute atomic E-state index is 0.0941. The third-order valence-corrected chi connectivity index (χ3v) is 3.83. The van der Waals surface area contributed by atoms with Crippen molar-refractivity contribution < 1.29 is 9.84 Å². The van der Waals surface area contributed by atoms with Crippen LogP contribution in [0.25, 0.3) is 0 Å². The second-order valence-electron chi connectivity index (χ2n) is 5.34. The van der Waals surface area contributed by atoms with Crippen LogP contribution in [0.2, 0.25) is 0 Å². The highest BCUT2D eigenvalue weighted by Crippen LogP contribution is 2.24. The van der Waals surface area contributed by atoms with Crippen LogP contribution in [0.5, 0.6) is 0 Å². The Kier molecular flexibility index (Phi) is 5.74. The van der Waals surface area contributed by atoms with Crippen molar-refractivity contribution >= 4 is 21.7 Å². The number of aliphatic hydroxyl groups is 1. The van der Waals surface area contributed by atoms with Gasteiger partial charge >= 0.3 is 0 Å². The van der Waals surface area contributed by atoms with Crippen LogP contribution in [0.15, 0.2) is 10.7 Å². The first kappa shape index (κ1) is 15.7. The molecule has 0 atom stereocenters. The second-order valence-corrected chi connectivity index (χ2v) is 6.16. The molecule has 1 saturated heterocycles. The van der Waals surface area contributed by atoms with Gasteiger partial charge in [0.05, 0.1) is 19.3 Å². The van der Waals surface area contributed by atoms with E-state index in [2.05, 4.69) is 44.6 Å². The summed E-state index contributed by atoms with van der Waals surface area (Å²) in [5, 5.41) is 8.78. The summed E-state index contributed by atoms with van der Waals surface area (Å²) in [5.74, 6) is 2.17. The maximum Gasteiger partial charge on any atom is 0.134 e. The first-order valence-corrected chi connectivity index (χ1v) is 7.91. The van der Waals surface area contributed by atoms with Gasteiger partial charge in [0.2, 0.25) is 0 Å². The molecule has 2 rings (SSSR count). The zero-order chi connectivity index (χ0) is 14.5. The van der Waals surface area contributed by atoms with Crippen molar-refractivity contribution in [3.63, 3.8) is 0 Å². The van der Waals surface area contributed by atoms with E-state index in [1.807, 2.05) is 6.07 Å². The number of halogens is 1. The fourth-order valence-corrected chi connectivity index (χ4v) is 2.70. The quantitative estimate of drug-likeness (QED) is 0.831. The SMILES string of the molecule is CC(C)c1nc(Br)cc(N2CCC(OCCO)CC2)n1. The first-order chi connectivity index (χ1) is 9.60. The normalized spacial score (nSPS) is 16.9. The fraction of sp³-hybridized carbons (Fsp3) is 0.714. The van der Waals surface area contributed by atoms with E-state index >= 15 is 0 Å². The lowest BCUT2D eigenvalue weighted by Gasteiger charge is -2.32. The highest BCUT2D eigenvalue weighted by molar-refractivity contribution is 9.10. The van der Waals surface area contributed by atoms with E-state index in [-0.39, 0.29) is 12.7 Å². The molecule has 0 aliphatic carbocycles. The molecule has 0 amide bonds. The van der Waals surface area contributed by atoms with Crippen molar-refractivity contribution in [1.82, 2.24) is 9.97 Å². The van der Waals surface area contributed by atoms with Crippen molar-refractivity contribution in [2.45, 2.75) is 38.7 Å². The van der Waals surface area contributed by atoms with Gasteiger partial charge in [-0.1, -0.05) is 13.8 Å². The van der Waals surface area contributed by atoms with Gasteiger partial charge in [-0.15, -0.1) is 0 Å². The molecule has 1 aromatic rings. The standard InChI is InChI=1S/C14H22BrN3O2/c1-10(2)14-16-12(15)9-13(17-14)18-5-3-11(4-6-18)20-8-7-19/h9-11,19H,3-8H2,1-2H3. The molecule has 0 unspecified atom stereocenters. The topological polar surface area (TPSA) is 58.5 Å². The van der Waals surface area contributed by atoms with Gasteiger partial charge in [-0.3, -0.25) is 0 Å². The van der Waals surface area contributed by atoms with Gasteiger partial charge in [0.25, 0.3) is 0 Å². The number of rotatable bonds is 5. The summed E-state index contributed by atoms with van der Waals surface area (Å²) in [4.78, 5) is 11.3. The monoisotopic (exact) mass is 343 g/mol. The van der Waals surface area contributed by atoms with E-state index < -0.39 is 0 Å². The summed E-state index contributed by atoms with van der Waals surface area (Å²) in [5.41, 5.74) is 0. The molecule has 0 saturated carbocycles. The van der Waals surface area contributed by atoms with E-state index in [0.29, 0.717) is 12.5 Å². The van der Waals surface area contributed by atoms with Gasteiger partial charge in [0, 0.05) is 25.1 Å². The van der Waals surface area contributed by atoms with Crippen molar-refractivity contribution in [3.05, 3.63) is 16.5 Å². The zero-order valence-corrected chi connectivity index (χ0v) is 13.6. The Morgan fingerprint density at radius 1 is 1.40 bits per heavy atom. The Morgan fingerprint density at radius 3 is 2.70 bits per heavy atom. The maximum absolute atomic E-state index is 8.78. The average molecular weight is 344 g/mol. The third kappa shape index (κ3) is 4.14. The van der Waals surface area contributed by atoms with Crippen LogP contribution in [0.3, 0.4) is 0 Å². The Balaban J connectivity index is 1.99. The molecule has 5 nitrogen and oxygen atoms in total. The Bertz CT molecular complexity index is 434. The summed E-state index contributed by atoms with van der Waals surface area (Å²) >= 11 is 3.46. The van der Waals surface area contributed by atoms with Gasteiger partial charge in [0.1, 0.15) is 16.2 Å². The third-order valence-electron chi connectivity index (χ3n) is 3.43. The molecular formula is C14H22BrN3O2. The number of piperidine rings is 1. The first-order valence-electron chi connectivity index (χ1n) is 7.12. The molecule has 0 bridgehead atoms. The van der Waals surface area contributed by atoms with Crippen molar-refractivity contribution in [3.8, 4) is 0 Å². The molecular weight excluding hydrogens is 322 g/mol. The number of aromatic nitrogens is 2. The van der Waals surface area contributed by atoms with Gasteiger partial charge in [0.15, 0.2) is 0 Å². The molecule has 0 spiro atoms. The Labute approximate surface area is 128 Å². The largest absolute Gasteiger partial charge is 0.394 e. The summed E-state index contributed by atoms with van der Waals surface area (Å²) in [6, 6.07) is 1.97. The van der Waals surface area contributed by atoms with Crippen LogP contribution in [0.1, 0.15) is 38.4 Å². The lowest BCUT2D eigenvalue weighted by molar-refractivity contribution is 0.0158. The van der Waals surface area contributed by atoms with Crippen molar-refractivity contribution in [2.75, 3.05) is 31.2 Å². The molecule has 1 aliphatic rings. The fourth-order valence-electron chi connectivity index (χ4n) is 2.31. The number of nitrogens with zero attached hydrogens (tertiary/aromatic N) is 3. The van der Waals surface area contributed by atoms with E-state index in [4.69, 9.17) is 9.84 Å². The highest BCUT2D eigenvalue weighted by atomic mass is 79.9. The minimum Gasteiger partial charge on any atom is -0.394 e. The molecule has 112 valence electrons. The van der Waals surface area contributed by atoms with Crippen LogP contribution in [0.4, 0.5) is 5.82 Å². The molecule has 2 heterocycles. The van der Waals surface area contributed by atoms with E-state index in [9.17, 15) is 0 Å². The smallest absolute Gasteiger partial charge is 0.134 e. The summed E-state index contributed by atoms with van der Waals surface area (Å²) in [6.07, 6.45) is 2.20. The van der Waals surface area contributed by atoms with Gasteiger partial charge in [-0.05, 0) is 28.8 Å². The number of anilines is 1. The highest BCUT2D eigenvalue weighted by Gasteiger charge is 2.21. The number of ether oxygens (including phenoxy) is 1. The van der Waals surface area contributed by atoms with Gasteiger partial charge in [-0.2, -0.15) is 0 Å². The van der Waals surface area contributed by atoms with E-state index in [1.54, 1.807) is 0 Å². The van der Waals surface area contributed by atoms with Crippen LogP contribution in [0, 0.1) is 0 Å². The summed E-state index contributed by atoms with van der Waals surface area (Å²) in [6.45, 7) is 6.58. The van der Waals surface area contributed by atoms with Gasteiger partial charge < -0.3 is 14.7 Å². The Morgan fingerprint density at radius 2 is 2.10 bits per heavy atom. The minimum atomic E-state index is 0.0941. The molecule has 1 aromatic heterocycles. The molecule has 1 aliphatic heterocycles. The number of hydrogen-bond donors (Lipinski definition) is 1. The van der Waals surface area contributed by atoms with Crippen molar-refractivity contribution in [2.24, 2.45) is 0 Å². The molecule has 1 fully saturated rings. The van der Waals surface area contributed by atoms with Crippen molar-refractivity contribution in [1.29, 1.82) is 0 Å². The molecule has 0 aromatic carbocycles. The number of hydrogen-bond acceptors (Lipinski definition) is 5. The maximum atomic E-state index is 8.78. The summed E-state index contributed by atoms with van der Waals surface area (Å²) in [7, 11) is 0. The zero-order valence-electron chi connectivity index (χ0n) is 12.0. The van der Waals surface area contributed by atoms with Crippen LogP contribution >= 0.6 is 15.9 Å². The average Bonchev–Trinajstić information content (AvgIpc) is 2.45.